The Hall–Kier alpha value is -0.433. The summed E-state index contributed by atoms with van der Waals surface area (Å²) in [6.07, 6.45) is 32.8. The van der Waals surface area contributed by atoms with E-state index in [-0.39, 0.29) is 18.9 Å². The van der Waals surface area contributed by atoms with E-state index in [1.807, 2.05) is 0 Å². The van der Waals surface area contributed by atoms with Gasteiger partial charge in [0, 0.05) is 14.0 Å². The molecule has 0 saturated carbocycles. The molecule has 0 amide bonds. The van der Waals surface area contributed by atoms with Crippen molar-refractivity contribution >= 4 is 8.07 Å². The largest absolute Gasteiger partial charge is 0.394 e. The Morgan fingerprint density at radius 3 is 1.37 bits per heavy atom. The number of hydrogen-bond acceptors (Lipinski definition) is 8. The van der Waals surface area contributed by atoms with Crippen LogP contribution in [0.4, 0.5) is 4.39 Å². The molecule has 0 bridgehead atoms. The summed E-state index contributed by atoms with van der Waals surface area (Å²) in [7, 11) is -1.18. The summed E-state index contributed by atoms with van der Waals surface area (Å²) >= 11 is 0. The Kier molecular flexibility index (Phi) is 38.2. The molecule has 0 aromatic rings. The monoisotopic (exact) mass is 903 g/mol. The average Bonchev–Trinajstić information content (AvgIpc) is 3.25. The summed E-state index contributed by atoms with van der Waals surface area (Å²) in [5, 5.41) is 62.6. The second-order valence-corrected chi connectivity index (χ2v) is 25.5. The molecule has 370 valence electrons. The molecule has 0 radical (unpaired) electrons. The van der Waals surface area contributed by atoms with Gasteiger partial charge in [0.05, 0.1) is 31.2 Å². The van der Waals surface area contributed by atoms with Crippen LogP contribution >= 0.6 is 0 Å². The van der Waals surface area contributed by atoms with Gasteiger partial charge in [-0.05, 0) is 25.3 Å². The molecular weight excluding hydrogens is 800 g/mol. The van der Waals surface area contributed by atoms with Crippen molar-refractivity contribution in [3.8, 4) is 0 Å². The highest BCUT2D eigenvalue weighted by molar-refractivity contribution is 6.77. The summed E-state index contributed by atoms with van der Waals surface area (Å²) in [4.78, 5) is 0. The minimum atomic E-state index is -1.61. The third-order valence-electron chi connectivity index (χ3n) is 13.6. The highest BCUT2D eigenvalue weighted by Gasteiger charge is 2.44. The fourth-order valence-electron chi connectivity index (χ4n) is 9.15. The number of hydrogen-bond donors (Lipinski definition) is 6. The van der Waals surface area contributed by atoms with Gasteiger partial charge in [0.2, 0.25) is 0 Å². The van der Waals surface area contributed by atoms with Gasteiger partial charge in [0.25, 0.3) is 0 Å². The van der Waals surface area contributed by atoms with Crippen molar-refractivity contribution in [2.45, 2.75) is 300 Å². The van der Waals surface area contributed by atoms with Crippen LogP contribution in [0.3, 0.4) is 0 Å². The second-order valence-electron chi connectivity index (χ2n) is 20.2. The molecule has 0 aromatic heterocycles. The van der Waals surface area contributed by atoms with Crippen LogP contribution < -0.4 is 0 Å². The second kappa shape index (κ2) is 39.7. The van der Waals surface area contributed by atoms with Gasteiger partial charge >= 0.3 is 0 Å². The first-order valence-electron chi connectivity index (χ1n) is 26.6. The Balaban J connectivity index is 2.40. The fourth-order valence-corrected chi connectivity index (χ4v) is 11.8. The lowest BCUT2D eigenvalue weighted by Crippen LogP contribution is -2.59. The molecule has 1 aliphatic rings. The van der Waals surface area contributed by atoms with E-state index >= 15 is 4.39 Å². The number of rotatable bonds is 44. The van der Waals surface area contributed by atoms with Gasteiger partial charge in [-0.25, -0.2) is 4.39 Å². The zero-order chi connectivity index (χ0) is 45.7. The van der Waals surface area contributed by atoms with E-state index in [0.717, 1.165) is 38.5 Å². The highest BCUT2D eigenvalue weighted by Crippen LogP contribution is 2.27. The number of halogens is 1. The van der Waals surface area contributed by atoms with Crippen LogP contribution in [0.5, 0.6) is 0 Å². The first-order chi connectivity index (χ1) is 30.0. The zero-order valence-electron chi connectivity index (χ0n) is 40.9. The van der Waals surface area contributed by atoms with Crippen molar-refractivity contribution < 1.29 is 44.5 Å². The van der Waals surface area contributed by atoms with Gasteiger partial charge in [-0.1, -0.05) is 238 Å². The lowest BCUT2D eigenvalue weighted by Gasteiger charge is -2.40. The number of unbranched alkanes of at least 4 members (excludes halogenated alkanes) is 29. The van der Waals surface area contributed by atoms with Crippen LogP contribution in [0, 0.1) is 5.92 Å². The van der Waals surface area contributed by atoms with Crippen molar-refractivity contribution in [3.05, 3.63) is 11.9 Å². The van der Waals surface area contributed by atoms with E-state index in [0.29, 0.717) is 12.8 Å². The van der Waals surface area contributed by atoms with Gasteiger partial charge in [-0.2, -0.15) is 0 Å². The standard InChI is InChI=1S/C52H103FO8Si/c1-5-7-9-11-13-15-17-19-20-21-23-25-27-31-35-39-62(3,4)40-36-32-28-29-33-37-45(53)41-44(43-60-52-51(59)50(58)49(57)47(42-54)61-52)48(56)46(55)38-34-30-26-24-22-18-16-14-12-10-8-6-2/h41,44,46-52,54-59H,5-40,42-43H2,1-4H3/b45-41+/t44-,46+,47?,48-,49?,50?,51?,52?/m0/s1. The molecule has 0 spiro atoms. The van der Waals surface area contributed by atoms with Crippen LogP contribution in [0.25, 0.3) is 0 Å². The average molecular weight is 903 g/mol. The topological polar surface area (TPSA) is 140 Å². The highest BCUT2D eigenvalue weighted by atomic mass is 28.3. The van der Waals surface area contributed by atoms with E-state index in [1.54, 1.807) is 0 Å². The Bertz CT molecular complexity index is 1020. The molecule has 0 aliphatic carbocycles. The molecule has 8 nitrogen and oxygen atoms in total. The van der Waals surface area contributed by atoms with Gasteiger partial charge < -0.3 is 40.1 Å². The lowest BCUT2D eigenvalue weighted by molar-refractivity contribution is -0.303. The van der Waals surface area contributed by atoms with E-state index < -0.39 is 63.5 Å². The maximum atomic E-state index is 15.4. The van der Waals surface area contributed by atoms with Gasteiger partial charge in [-0.15, -0.1) is 0 Å². The van der Waals surface area contributed by atoms with Crippen molar-refractivity contribution in [3.63, 3.8) is 0 Å². The lowest BCUT2D eigenvalue weighted by atomic mass is 9.93. The van der Waals surface area contributed by atoms with Crippen LogP contribution in [-0.2, 0) is 9.47 Å². The third kappa shape index (κ3) is 30.7. The maximum absolute atomic E-state index is 15.4. The normalized spacial score (nSPS) is 21.4. The van der Waals surface area contributed by atoms with E-state index in [9.17, 15) is 30.6 Å². The summed E-state index contributed by atoms with van der Waals surface area (Å²) in [5.41, 5.74) is 0. The zero-order valence-corrected chi connectivity index (χ0v) is 41.9. The smallest absolute Gasteiger partial charge is 0.186 e. The summed E-state index contributed by atoms with van der Waals surface area (Å²) in [6, 6.07) is 2.78. The quantitative estimate of drug-likeness (QED) is 0.0262. The van der Waals surface area contributed by atoms with E-state index in [4.69, 9.17) is 9.47 Å². The first-order valence-corrected chi connectivity index (χ1v) is 30.0. The first kappa shape index (κ1) is 59.6. The summed E-state index contributed by atoms with van der Waals surface area (Å²) < 4.78 is 26.6. The molecule has 6 N–H and O–H groups in total. The molecule has 62 heavy (non-hydrogen) atoms. The van der Waals surface area contributed by atoms with Crippen molar-refractivity contribution in [1.82, 2.24) is 0 Å². The molecule has 1 aliphatic heterocycles. The summed E-state index contributed by atoms with van der Waals surface area (Å²) in [6.45, 7) is 8.72. The predicted octanol–water partition coefficient (Wildman–Crippen LogP) is 13.0. The minimum Gasteiger partial charge on any atom is -0.394 e. The third-order valence-corrected chi connectivity index (χ3v) is 17.0. The Morgan fingerprint density at radius 2 is 0.952 bits per heavy atom. The van der Waals surface area contributed by atoms with Gasteiger partial charge in [0.1, 0.15) is 24.4 Å². The summed E-state index contributed by atoms with van der Waals surface area (Å²) in [5.74, 6) is -1.30. The number of aliphatic hydroxyl groups excluding tert-OH is 6. The van der Waals surface area contributed by atoms with Crippen LogP contribution in [0.2, 0.25) is 25.2 Å². The number of allylic oxidation sites excluding steroid dienone is 1. The van der Waals surface area contributed by atoms with Gasteiger partial charge in [0.15, 0.2) is 6.29 Å². The van der Waals surface area contributed by atoms with E-state index in [2.05, 4.69) is 26.9 Å². The molecule has 8 atom stereocenters. The predicted molar refractivity (Wildman–Crippen MR) is 260 cm³/mol. The Morgan fingerprint density at radius 1 is 0.565 bits per heavy atom. The molecular formula is C52H103FO8Si. The molecule has 0 aromatic carbocycles. The fraction of sp³-hybridized carbons (Fsp3) is 0.962. The van der Waals surface area contributed by atoms with Crippen molar-refractivity contribution in [1.29, 1.82) is 0 Å². The molecule has 1 fully saturated rings. The van der Waals surface area contributed by atoms with Gasteiger partial charge in [-0.3, -0.25) is 0 Å². The minimum absolute atomic E-state index is 0.234. The molecule has 10 heteroatoms. The number of ether oxygens (including phenoxy) is 2. The van der Waals surface area contributed by atoms with E-state index in [1.165, 1.54) is 179 Å². The van der Waals surface area contributed by atoms with Crippen LogP contribution in [0.1, 0.15) is 232 Å². The SMILES string of the molecule is CCCCCCCCCCCCCCCCC[Si](C)(C)CCCCCCC/C(F)=C\[C@@H](COC1OC(CO)C(O)C(O)C1O)[C@H](O)[C@H](O)CCCCCCCCCCCCCC. The molecule has 1 heterocycles. The van der Waals surface area contributed by atoms with Crippen LogP contribution in [-0.4, -0.2) is 94.8 Å². The molecule has 1 saturated heterocycles. The Labute approximate surface area is 382 Å². The molecule has 1 rings (SSSR count). The number of aliphatic hydroxyl groups is 6. The van der Waals surface area contributed by atoms with Crippen molar-refractivity contribution in [2.24, 2.45) is 5.92 Å². The molecule has 5 unspecified atom stereocenters. The van der Waals surface area contributed by atoms with Crippen LogP contribution in [0.15, 0.2) is 11.9 Å². The van der Waals surface area contributed by atoms with Crippen molar-refractivity contribution in [2.75, 3.05) is 13.2 Å². The maximum Gasteiger partial charge on any atom is 0.186 e.